The average Bonchev–Trinajstić information content (AvgIpc) is 3.09. The van der Waals surface area contributed by atoms with Gasteiger partial charge in [-0.3, -0.25) is 9.89 Å². The van der Waals surface area contributed by atoms with E-state index in [2.05, 4.69) is 20.5 Å². The van der Waals surface area contributed by atoms with Crippen molar-refractivity contribution in [2.45, 2.75) is 18.7 Å². The molecule has 0 saturated carbocycles. The highest BCUT2D eigenvalue weighted by molar-refractivity contribution is 7.99. The van der Waals surface area contributed by atoms with E-state index in [9.17, 15) is 9.18 Å². The molecular formula is C18H17FN4O2S. The van der Waals surface area contributed by atoms with Crippen LogP contribution in [0.4, 0.5) is 10.1 Å². The van der Waals surface area contributed by atoms with Gasteiger partial charge < -0.3 is 10.1 Å². The molecule has 0 unspecified atom stereocenters. The van der Waals surface area contributed by atoms with E-state index in [1.807, 2.05) is 31.2 Å². The first-order chi connectivity index (χ1) is 12.6. The Kier molecular flexibility index (Phi) is 5.85. The maximum absolute atomic E-state index is 13.5. The third kappa shape index (κ3) is 4.82. The summed E-state index contributed by atoms with van der Waals surface area (Å²) in [5, 5.41) is 9.76. The second-order valence-electron chi connectivity index (χ2n) is 5.44. The summed E-state index contributed by atoms with van der Waals surface area (Å²) in [6, 6.07) is 13.7. The van der Waals surface area contributed by atoms with Gasteiger partial charge in [0.1, 0.15) is 18.2 Å². The van der Waals surface area contributed by atoms with Crippen molar-refractivity contribution in [3.8, 4) is 5.75 Å². The van der Waals surface area contributed by atoms with Gasteiger partial charge in [0.05, 0.1) is 11.4 Å². The number of H-pyrrole nitrogens is 1. The highest BCUT2D eigenvalue weighted by atomic mass is 32.2. The molecule has 0 saturated heterocycles. The van der Waals surface area contributed by atoms with Crippen molar-refractivity contribution in [2.75, 3.05) is 11.1 Å². The first kappa shape index (κ1) is 17.9. The number of nitrogens with one attached hydrogen (secondary N) is 2. The van der Waals surface area contributed by atoms with Crippen molar-refractivity contribution in [3.05, 3.63) is 65.7 Å². The van der Waals surface area contributed by atoms with Crippen LogP contribution in [0.2, 0.25) is 0 Å². The molecule has 0 spiro atoms. The molecule has 8 heteroatoms. The maximum Gasteiger partial charge on any atom is 0.234 e. The molecule has 6 nitrogen and oxygen atoms in total. The Labute approximate surface area is 154 Å². The van der Waals surface area contributed by atoms with Crippen LogP contribution in [0.25, 0.3) is 0 Å². The van der Waals surface area contributed by atoms with Gasteiger partial charge in [-0.1, -0.05) is 42.1 Å². The third-order valence-electron chi connectivity index (χ3n) is 3.45. The van der Waals surface area contributed by atoms with Crippen LogP contribution in [0.15, 0.2) is 53.7 Å². The fourth-order valence-corrected chi connectivity index (χ4v) is 2.77. The van der Waals surface area contributed by atoms with Gasteiger partial charge in [-0.2, -0.15) is 0 Å². The van der Waals surface area contributed by atoms with Crippen LogP contribution in [0.5, 0.6) is 5.75 Å². The van der Waals surface area contributed by atoms with Crippen LogP contribution in [-0.2, 0) is 11.4 Å². The van der Waals surface area contributed by atoms with E-state index < -0.39 is 5.82 Å². The Bertz CT molecular complexity index is 900. The number of ether oxygens (including phenoxy) is 1. The number of carbonyl (C=O) groups is 1. The van der Waals surface area contributed by atoms with Gasteiger partial charge in [-0.05, 0) is 30.7 Å². The summed E-state index contributed by atoms with van der Waals surface area (Å²) in [5.41, 5.74) is 1.19. The van der Waals surface area contributed by atoms with E-state index in [4.69, 9.17) is 4.74 Å². The topological polar surface area (TPSA) is 79.9 Å². The van der Waals surface area contributed by atoms with E-state index in [1.54, 1.807) is 12.1 Å². The molecule has 0 aliphatic carbocycles. The number of halogens is 1. The number of amides is 1. The van der Waals surface area contributed by atoms with Gasteiger partial charge in [0, 0.05) is 0 Å². The highest BCUT2D eigenvalue weighted by Gasteiger charge is 2.10. The zero-order valence-corrected chi connectivity index (χ0v) is 14.8. The van der Waals surface area contributed by atoms with Gasteiger partial charge in [0.15, 0.2) is 5.82 Å². The number of aromatic nitrogens is 3. The van der Waals surface area contributed by atoms with Gasteiger partial charge in [0.25, 0.3) is 0 Å². The molecule has 3 rings (SSSR count). The smallest absolute Gasteiger partial charge is 0.234 e. The van der Waals surface area contributed by atoms with Crippen molar-refractivity contribution in [1.82, 2.24) is 15.2 Å². The van der Waals surface area contributed by atoms with Crippen molar-refractivity contribution >= 4 is 23.4 Å². The molecule has 26 heavy (non-hydrogen) atoms. The number of thioether (sulfide) groups is 1. The zero-order chi connectivity index (χ0) is 18.4. The Morgan fingerprint density at radius 2 is 2.00 bits per heavy atom. The standard InChI is InChI=1S/C18H17FN4O2S/c1-12-6-2-5-9-15(12)25-10-16-21-18(23-22-16)26-11-17(24)20-14-8-4-3-7-13(14)19/h2-9H,10-11H2,1H3,(H,20,24)(H,21,22,23). The normalized spacial score (nSPS) is 10.5. The van der Waals surface area contributed by atoms with Crippen LogP contribution >= 0.6 is 11.8 Å². The minimum absolute atomic E-state index is 0.0737. The Hall–Kier alpha value is -2.87. The number of benzene rings is 2. The highest BCUT2D eigenvalue weighted by Crippen LogP contribution is 2.18. The van der Waals surface area contributed by atoms with Crippen molar-refractivity contribution < 1.29 is 13.9 Å². The minimum atomic E-state index is -0.473. The Morgan fingerprint density at radius 3 is 2.81 bits per heavy atom. The molecule has 2 N–H and O–H groups in total. The van der Waals surface area contributed by atoms with Gasteiger partial charge in [-0.25, -0.2) is 9.37 Å². The lowest BCUT2D eigenvalue weighted by molar-refractivity contribution is -0.113. The summed E-state index contributed by atoms with van der Waals surface area (Å²) < 4.78 is 19.2. The predicted octanol–water partition coefficient (Wildman–Crippen LogP) is 3.56. The van der Waals surface area contributed by atoms with Gasteiger partial charge in [-0.15, -0.1) is 5.10 Å². The summed E-state index contributed by atoms with van der Waals surface area (Å²) in [5.74, 6) is 0.610. The first-order valence-electron chi connectivity index (χ1n) is 7.88. The lowest BCUT2D eigenvalue weighted by Crippen LogP contribution is -2.15. The van der Waals surface area contributed by atoms with E-state index in [0.717, 1.165) is 23.1 Å². The number of nitrogens with zero attached hydrogens (tertiary/aromatic N) is 2. The molecule has 0 aliphatic heterocycles. The zero-order valence-electron chi connectivity index (χ0n) is 14.0. The van der Waals surface area contributed by atoms with Crippen molar-refractivity contribution in [1.29, 1.82) is 0 Å². The van der Waals surface area contributed by atoms with Crippen LogP contribution in [0.1, 0.15) is 11.4 Å². The van der Waals surface area contributed by atoms with Gasteiger partial charge in [0.2, 0.25) is 11.1 Å². The van der Waals surface area contributed by atoms with Crippen LogP contribution in [0, 0.1) is 12.7 Å². The number of carbonyl (C=O) groups excluding carboxylic acids is 1. The van der Waals surface area contributed by atoms with Crippen LogP contribution in [0.3, 0.4) is 0 Å². The lowest BCUT2D eigenvalue weighted by atomic mass is 10.2. The molecule has 0 radical (unpaired) electrons. The van der Waals surface area contributed by atoms with E-state index >= 15 is 0 Å². The Balaban J connectivity index is 1.48. The largest absolute Gasteiger partial charge is 0.485 e. The molecule has 0 bridgehead atoms. The minimum Gasteiger partial charge on any atom is -0.485 e. The molecule has 134 valence electrons. The number of aromatic amines is 1. The first-order valence-corrected chi connectivity index (χ1v) is 8.87. The molecule has 1 heterocycles. The van der Waals surface area contributed by atoms with Crippen LogP contribution < -0.4 is 10.1 Å². The number of para-hydroxylation sites is 2. The monoisotopic (exact) mass is 372 g/mol. The van der Waals surface area contributed by atoms with Crippen molar-refractivity contribution in [2.24, 2.45) is 0 Å². The number of hydrogen-bond acceptors (Lipinski definition) is 5. The van der Waals surface area contributed by atoms with E-state index in [-0.39, 0.29) is 24.0 Å². The predicted molar refractivity (Wildman–Crippen MR) is 97.6 cm³/mol. The summed E-state index contributed by atoms with van der Waals surface area (Å²) in [6.45, 7) is 2.21. The quantitative estimate of drug-likeness (QED) is 0.620. The number of aryl methyl sites for hydroxylation is 1. The summed E-state index contributed by atoms with van der Waals surface area (Å²) in [7, 11) is 0. The molecule has 3 aromatic rings. The number of rotatable bonds is 7. The molecule has 0 fully saturated rings. The molecule has 1 aromatic heterocycles. The second-order valence-corrected chi connectivity index (χ2v) is 6.38. The molecular weight excluding hydrogens is 355 g/mol. The average molecular weight is 372 g/mol. The van der Waals surface area contributed by atoms with Crippen LogP contribution in [-0.4, -0.2) is 26.8 Å². The molecule has 2 aromatic carbocycles. The molecule has 1 amide bonds. The SMILES string of the molecule is Cc1ccccc1OCc1nc(SCC(=O)Nc2ccccc2F)n[nH]1. The summed E-state index contributed by atoms with van der Waals surface area (Å²) in [6.07, 6.45) is 0. The maximum atomic E-state index is 13.5. The lowest BCUT2D eigenvalue weighted by Gasteiger charge is -2.06. The van der Waals surface area contributed by atoms with Gasteiger partial charge >= 0.3 is 0 Å². The Morgan fingerprint density at radius 1 is 1.23 bits per heavy atom. The molecule has 0 atom stereocenters. The number of hydrogen-bond donors (Lipinski definition) is 2. The fourth-order valence-electron chi connectivity index (χ4n) is 2.15. The fraction of sp³-hybridized carbons (Fsp3) is 0.167. The molecule has 0 aliphatic rings. The third-order valence-corrected chi connectivity index (χ3v) is 4.30. The summed E-state index contributed by atoms with van der Waals surface area (Å²) in [4.78, 5) is 16.2. The summed E-state index contributed by atoms with van der Waals surface area (Å²) >= 11 is 1.16. The van der Waals surface area contributed by atoms with E-state index in [1.165, 1.54) is 12.1 Å². The second kappa shape index (κ2) is 8.48. The van der Waals surface area contributed by atoms with Crippen molar-refractivity contribution in [3.63, 3.8) is 0 Å². The number of anilines is 1. The van der Waals surface area contributed by atoms with E-state index in [0.29, 0.717) is 11.0 Å².